The van der Waals surface area contributed by atoms with Crippen LogP contribution >= 0.6 is 22.9 Å². The molecule has 10 heteroatoms. The Bertz CT molecular complexity index is 1140. The van der Waals surface area contributed by atoms with Gasteiger partial charge in [0.15, 0.2) is 0 Å². The average Bonchev–Trinajstić information content (AvgIpc) is 3.21. The van der Waals surface area contributed by atoms with E-state index in [9.17, 15) is 9.18 Å². The smallest absolute Gasteiger partial charge is 0.261 e. The number of nitriles is 1. The second-order valence-electron chi connectivity index (χ2n) is 7.30. The highest BCUT2D eigenvalue weighted by Crippen LogP contribution is 2.31. The number of halogens is 2. The molecule has 1 aromatic carbocycles. The summed E-state index contributed by atoms with van der Waals surface area (Å²) >= 11 is 7.15. The Balaban J connectivity index is 1.44. The molecule has 1 saturated heterocycles. The largest absolute Gasteiger partial charge is 0.349 e. The lowest BCUT2D eigenvalue weighted by Gasteiger charge is -2.31. The molecule has 31 heavy (non-hydrogen) atoms. The van der Waals surface area contributed by atoms with Crippen LogP contribution in [0.15, 0.2) is 30.6 Å². The van der Waals surface area contributed by atoms with Gasteiger partial charge in [-0.1, -0.05) is 11.6 Å². The Morgan fingerprint density at radius 2 is 2.13 bits per heavy atom. The molecule has 3 aromatic rings. The molecule has 160 valence electrons. The molecule has 0 aliphatic carbocycles. The predicted octanol–water partition coefficient (Wildman–Crippen LogP) is 4.34. The van der Waals surface area contributed by atoms with Crippen molar-refractivity contribution in [3.8, 4) is 6.07 Å². The first-order valence-electron chi connectivity index (χ1n) is 9.90. The number of nitrogens with zero attached hydrogens (tertiary/aromatic N) is 4. The number of nitrogens with one attached hydrogen (secondary N) is 2. The third-order valence-corrected chi connectivity index (χ3v) is 6.53. The zero-order valence-electron chi connectivity index (χ0n) is 16.6. The predicted molar refractivity (Wildman–Crippen MR) is 119 cm³/mol. The van der Waals surface area contributed by atoms with Gasteiger partial charge in [-0.25, -0.2) is 14.4 Å². The average molecular weight is 459 g/mol. The van der Waals surface area contributed by atoms with Gasteiger partial charge in [0.2, 0.25) is 0 Å². The summed E-state index contributed by atoms with van der Waals surface area (Å²) in [6, 6.07) is 8.38. The fourth-order valence-corrected chi connectivity index (χ4v) is 4.63. The lowest BCUT2D eigenvalue weighted by molar-refractivity contribution is 0.0916. The van der Waals surface area contributed by atoms with Gasteiger partial charge in [0.1, 0.15) is 22.8 Å². The molecule has 2 N–H and O–H groups in total. The molecule has 0 bridgehead atoms. The van der Waals surface area contributed by atoms with E-state index in [1.807, 2.05) is 0 Å². The van der Waals surface area contributed by atoms with Crippen molar-refractivity contribution in [2.45, 2.75) is 25.3 Å². The first kappa shape index (κ1) is 21.4. The van der Waals surface area contributed by atoms with Crippen LogP contribution in [-0.4, -0.2) is 46.5 Å². The number of carbonyl (C=O) groups is 1. The molecule has 4 rings (SSSR count). The summed E-state index contributed by atoms with van der Waals surface area (Å²) in [5.41, 5.74) is 0.590. The van der Waals surface area contributed by atoms with Crippen molar-refractivity contribution in [1.29, 1.82) is 5.26 Å². The summed E-state index contributed by atoms with van der Waals surface area (Å²) in [7, 11) is 0. The third-order valence-electron chi connectivity index (χ3n) is 5.20. The second kappa shape index (κ2) is 9.56. The molecule has 2 aromatic heterocycles. The van der Waals surface area contributed by atoms with Crippen molar-refractivity contribution in [2.75, 3.05) is 25.0 Å². The number of hydrogen-bond acceptors (Lipinski definition) is 7. The van der Waals surface area contributed by atoms with E-state index in [1.165, 1.54) is 29.8 Å². The lowest BCUT2D eigenvalue weighted by atomic mass is 10.0. The topological polar surface area (TPSA) is 93.9 Å². The normalized spacial score (nSPS) is 15.0. The number of aromatic nitrogens is 2. The molecule has 1 amide bonds. The summed E-state index contributed by atoms with van der Waals surface area (Å²) in [4.78, 5) is 24.8. The van der Waals surface area contributed by atoms with E-state index < -0.39 is 5.82 Å². The minimum absolute atomic E-state index is 0.0133. The van der Waals surface area contributed by atoms with E-state index in [2.05, 4.69) is 31.6 Å². The number of piperidine rings is 1. The summed E-state index contributed by atoms with van der Waals surface area (Å²) in [5.74, 6) is -0.103. The molecule has 0 saturated carbocycles. The Morgan fingerprint density at radius 3 is 2.87 bits per heavy atom. The summed E-state index contributed by atoms with van der Waals surface area (Å²) < 4.78 is 13.4. The zero-order chi connectivity index (χ0) is 21.8. The van der Waals surface area contributed by atoms with Gasteiger partial charge in [0.05, 0.1) is 21.4 Å². The van der Waals surface area contributed by atoms with Crippen molar-refractivity contribution in [3.05, 3.63) is 46.3 Å². The first-order valence-corrected chi connectivity index (χ1v) is 11.1. The minimum Gasteiger partial charge on any atom is -0.349 e. The van der Waals surface area contributed by atoms with Gasteiger partial charge in [-0.15, -0.1) is 11.3 Å². The summed E-state index contributed by atoms with van der Waals surface area (Å²) in [6.45, 7) is 2.53. The highest BCUT2D eigenvalue weighted by molar-refractivity contribution is 7.20. The van der Waals surface area contributed by atoms with Crippen LogP contribution in [0.25, 0.3) is 10.2 Å². The minimum atomic E-state index is -0.495. The molecule has 1 aliphatic heterocycles. The van der Waals surface area contributed by atoms with Gasteiger partial charge in [-0.2, -0.15) is 5.26 Å². The molecule has 0 unspecified atom stereocenters. The number of anilines is 2. The van der Waals surface area contributed by atoms with Crippen LogP contribution < -0.4 is 10.6 Å². The van der Waals surface area contributed by atoms with Crippen LogP contribution in [-0.2, 0) is 0 Å². The number of rotatable bonds is 6. The SMILES string of the molecule is N#CCCN1CCC(NC(=O)c2cc3c(Nc4ccc(F)c(Cl)c4)ncnc3s2)CC1. The number of fused-ring (bicyclic) bond motifs is 1. The summed E-state index contributed by atoms with van der Waals surface area (Å²) in [6.07, 6.45) is 3.67. The fraction of sp³-hybridized carbons (Fsp3) is 0.333. The molecule has 7 nitrogen and oxygen atoms in total. The van der Waals surface area contributed by atoms with Crippen molar-refractivity contribution in [3.63, 3.8) is 0 Å². The number of likely N-dealkylation sites (tertiary alicyclic amines) is 1. The molecule has 1 fully saturated rings. The Morgan fingerprint density at radius 1 is 1.32 bits per heavy atom. The molecular weight excluding hydrogens is 439 g/mol. The van der Waals surface area contributed by atoms with E-state index in [0.717, 1.165) is 32.5 Å². The van der Waals surface area contributed by atoms with Crippen molar-refractivity contribution >= 4 is 50.6 Å². The van der Waals surface area contributed by atoms with Gasteiger partial charge in [0.25, 0.3) is 5.91 Å². The maximum absolute atomic E-state index is 13.4. The van der Waals surface area contributed by atoms with E-state index in [-0.39, 0.29) is 17.0 Å². The molecule has 1 aliphatic rings. The molecule has 0 atom stereocenters. The number of thiophene rings is 1. The fourth-order valence-electron chi connectivity index (χ4n) is 3.54. The number of hydrogen-bond donors (Lipinski definition) is 2. The molecule has 0 spiro atoms. The third kappa shape index (κ3) is 5.10. The Hall–Kier alpha value is -2.80. The van der Waals surface area contributed by atoms with Crippen LogP contribution in [0.3, 0.4) is 0 Å². The maximum Gasteiger partial charge on any atom is 0.261 e. The summed E-state index contributed by atoms with van der Waals surface area (Å²) in [5, 5.41) is 15.7. The second-order valence-corrected chi connectivity index (χ2v) is 8.74. The molecule has 0 radical (unpaired) electrons. The Kier molecular flexibility index (Phi) is 6.61. The van der Waals surface area contributed by atoms with Crippen molar-refractivity contribution in [2.24, 2.45) is 0 Å². The zero-order valence-corrected chi connectivity index (χ0v) is 18.1. The van der Waals surface area contributed by atoms with E-state index in [1.54, 1.807) is 12.1 Å². The van der Waals surface area contributed by atoms with Gasteiger partial charge in [-0.3, -0.25) is 4.79 Å². The highest BCUT2D eigenvalue weighted by Gasteiger charge is 2.22. The monoisotopic (exact) mass is 458 g/mol. The Labute approximate surface area is 187 Å². The molecule has 3 heterocycles. The van der Waals surface area contributed by atoms with Gasteiger partial charge < -0.3 is 15.5 Å². The maximum atomic E-state index is 13.4. The van der Waals surface area contributed by atoms with Crippen LogP contribution in [0.4, 0.5) is 15.9 Å². The van der Waals surface area contributed by atoms with Crippen LogP contribution in [0.1, 0.15) is 28.9 Å². The van der Waals surface area contributed by atoms with E-state index >= 15 is 0 Å². The number of amides is 1. The first-order chi connectivity index (χ1) is 15.0. The van der Waals surface area contributed by atoms with Crippen LogP contribution in [0.5, 0.6) is 0 Å². The van der Waals surface area contributed by atoms with Gasteiger partial charge in [0, 0.05) is 37.8 Å². The van der Waals surface area contributed by atoms with E-state index in [0.29, 0.717) is 33.0 Å². The van der Waals surface area contributed by atoms with Crippen molar-refractivity contribution in [1.82, 2.24) is 20.2 Å². The number of benzene rings is 1. The van der Waals surface area contributed by atoms with E-state index in [4.69, 9.17) is 16.9 Å². The van der Waals surface area contributed by atoms with Gasteiger partial charge in [-0.05, 0) is 37.1 Å². The van der Waals surface area contributed by atoms with Crippen LogP contribution in [0, 0.1) is 17.1 Å². The number of carbonyl (C=O) groups excluding carboxylic acids is 1. The highest BCUT2D eigenvalue weighted by atomic mass is 35.5. The van der Waals surface area contributed by atoms with Crippen molar-refractivity contribution < 1.29 is 9.18 Å². The lowest BCUT2D eigenvalue weighted by Crippen LogP contribution is -2.44. The van der Waals surface area contributed by atoms with Crippen LogP contribution in [0.2, 0.25) is 5.02 Å². The standard InChI is InChI=1S/C21H20ClFN6OS/c22-16-10-14(2-3-17(16)23)27-19-15-11-18(31-21(15)26-12-25-19)20(30)28-13-4-8-29(9-5-13)7-1-6-24/h2-3,10-13H,1,4-5,7-9H2,(H,28,30)(H,25,26,27). The van der Waals surface area contributed by atoms with Gasteiger partial charge >= 0.3 is 0 Å². The molecular formula is C21H20ClFN6OS. The quantitative estimate of drug-likeness (QED) is 0.570.